The van der Waals surface area contributed by atoms with Crippen LogP contribution in [0.5, 0.6) is 0 Å². The molecule has 0 amide bonds. The molecule has 1 unspecified atom stereocenters. The minimum Gasteiger partial charge on any atom is -0.390 e. The molecule has 0 spiro atoms. The summed E-state index contributed by atoms with van der Waals surface area (Å²) in [6.07, 6.45) is 5.28. The summed E-state index contributed by atoms with van der Waals surface area (Å²) in [5, 5.41) is 13.3. The summed E-state index contributed by atoms with van der Waals surface area (Å²) in [7, 11) is 1.70. The summed E-state index contributed by atoms with van der Waals surface area (Å²) in [5.41, 5.74) is -0.505. The van der Waals surface area contributed by atoms with Crippen molar-refractivity contribution in [1.82, 2.24) is 5.32 Å². The highest BCUT2D eigenvalue weighted by molar-refractivity contribution is 4.73. The Balaban J connectivity index is 3.38. The Kier molecular flexibility index (Phi) is 9.06. The molecule has 3 heteroatoms. The Morgan fingerprint density at radius 1 is 1.20 bits per heavy atom. The van der Waals surface area contributed by atoms with E-state index in [0.717, 1.165) is 39.0 Å². The van der Waals surface area contributed by atoms with Crippen molar-refractivity contribution in [3.05, 3.63) is 0 Å². The molecule has 0 rings (SSSR count). The average Bonchev–Trinajstić information content (AvgIpc) is 2.17. The van der Waals surface area contributed by atoms with E-state index in [1.54, 1.807) is 7.11 Å². The van der Waals surface area contributed by atoms with Crippen molar-refractivity contribution in [1.29, 1.82) is 0 Å². The van der Waals surface area contributed by atoms with Gasteiger partial charge < -0.3 is 15.2 Å². The van der Waals surface area contributed by atoms with Crippen LogP contribution in [0.1, 0.15) is 46.0 Å². The van der Waals surface area contributed by atoms with Crippen LogP contribution in [0.4, 0.5) is 0 Å². The fourth-order valence-electron chi connectivity index (χ4n) is 1.54. The third kappa shape index (κ3) is 10.2. The molecule has 0 aromatic rings. The second-order valence-electron chi connectivity index (χ2n) is 4.45. The monoisotopic (exact) mass is 217 g/mol. The third-order valence-corrected chi connectivity index (χ3v) is 2.64. The van der Waals surface area contributed by atoms with Crippen LogP contribution in [-0.2, 0) is 4.74 Å². The lowest BCUT2D eigenvalue weighted by Crippen LogP contribution is -2.31. The molecule has 2 N–H and O–H groups in total. The smallest absolute Gasteiger partial charge is 0.0631 e. The number of nitrogens with one attached hydrogen (secondary N) is 1. The first-order valence-electron chi connectivity index (χ1n) is 6.04. The molecule has 92 valence electrons. The molecule has 0 fully saturated rings. The highest BCUT2D eigenvalue weighted by atomic mass is 16.5. The number of hydrogen-bond acceptors (Lipinski definition) is 3. The Morgan fingerprint density at radius 3 is 2.53 bits per heavy atom. The van der Waals surface area contributed by atoms with Crippen LogP contribution in [0, 0.1) is 0 Å². The maximum absolute atomic E-state index is 10.0. The van der Waals surface area contributed by atoms with Gasteiger partial charge in [0, 0.05) is 13.7 Å². The SMILES string of the molecule is CCCCCC(C)(O)CCNCCOC. The second-order valence-corrected chi connectivity index (χ2v) is 4.45. The van der Waals surface area contributed by atoms with Crippen LogP contribution < -0.4 is 5.32 Å². The first-order valence-corrected chi connectivity index (χ1v) is 6.04. The van der Waals surface area contributed by atoms with E-state index in [4.69, 9.17) is 4.74 Å². The van der Waals surface area contributed by atoms with Crippen molar-refractivity contribution >= 4 is 0 Å². The second kappa shape index (κ2) is 9.13. The summed E-state index contributed by atoms with van der Waals surface area (Å²) >= 11 is 0. The third-order valence-electron chi connectivity index (χ3n) is 2.64. The first-order chi connectivity index (χ1) is 7.12. The minimum absolute atomic E-state index is 0.505. The Labute approximate surface area is 94.2 Å². The lowest BCUT2D eigenvalue weighted by Gasteiger charge is -2.23. The number of hydrogen-bond donors (Lipinski definition) is 2. The lowest BCUT2D eigenvalue weighted by molar-refractivity contribution is 0.0393. The van der Waals surface area contributed by atoms with Gasteiger partial charge in [0.15, 0.2) is 0 Å². The van der Waals surface area contributed by atoms with Crippen molar-refractivity contribution < 1.29 is 9.84 Å². The highest BCUT2D eigenvalue weighted by Crippen LogP contribution is 2.17. The lowest BCUT2D eigenvalue weighted by atomic mass is 9.95. The summed E-state index contributed by atoms with van der Waals surface area (Å²) in [4.78, 5) is 0. The number of unbranched alkanes of at least 4 members (excludes halogenated alkanes) is 2. The molecule has 0 bridgehead atoms. The molecule has 15 heavy (non-hydrogen) atoms. The molecular weight excluding hydrogens is 190 g/mol. The van der Waals surface area contributed by atoms with Crippen molar-refractivity contribution in [2.45, 2.75) is 51.6 Å². The number of aliphatic hydroxyl groups is 1. The standard InChI is InChI=1S/C12H27NO2/c1-4-5-6-7-12(2,14)8-9-13-10-11-15-3/h13-14H,4-11H2,1-3H3. The van der Waals surface area contributed by atoms with Crippen LogP contribution in [0.25, 0.3) is 0 Å². The van der Waals surface area contributed by atoms with Gasteiger partial charge in [0.05, 0.1) is 12.2 Å². The largest absolute Gasteiger partial charge is 0.390 e. The number of rotatable bonds is 10. The van der Waals surface area contributed by atoms with E-state index in [0.29, 0.717) is 0 Å². The minimum atomic E-state index is -0.505. The normalized spacial score (nSPS) is 15.2. The van der Waals surface area contributed by atoms with Crippen molar-refractivity contribution in [2.24, 2.45) is 0 Å². The maximum atomic E-state index is 10.0. The van der Waals surface area contributed by atoms with Crippen LogP contribution in [0.3, 0.4) is 0 Å². The highest BCUT2D eigenvalue weighted by Gasteiger charge is 2.18. The van der Waals surface area contributed by atoms with E-state index in [-0.39, 0.29) is 0 Å². The van der Waals surface area contributed by atoms with Crippen molar-refractivity contribution in [3.63, 3.8) is 0 Å². The first kappa shape index (κ1) is 14.9. The van der Waals surface area contributed by atoms with Crippen LogP contribution in [0.15, 0.2) is 0 Å². The van der Waals surface area contributed by atoms with Gasteiger partial charge in [0.25, 0.3) is 0 Å². The van der Waals surface area contributed by atoms with Gasteiger partial charge in [0.1, 0.15) is 0 Å². The van der Waals surface area contributed by atoms with E-state index in [9.17, 15) is 5.11 Å². The summed E-state index contributed by atoms with van der Waals surface area (Å²) in [6.45, 7) is 6.57. The molecule has 0 saturated heterocycles. The molecule has 0 saturated carbocycles. The van der Waals surface area contributed by atoms with E-state index in [2.05, 4.69) is 12.2 Å². The predicted octanol–water partition coefficient (Wildman–Crippen LogP) is 1.94. The van der Waals surface area contributed by atoms with Gasteiger partial charge in [-0.3, -0.25) is 0 Å². The zero-order valence-corrected chi connectivity index (χ0v) is 10.5. The fraction of sp³-hybridized carbons (Fsp3) is 1.00. The number of methoxy groups -OCH3 is 1. The molecule has 0 aliphatic rings. The quantitative estimate of drug-likeness (QED) is 0.550. The van der Waals surface area contributed by atoms with Gasteiger partial charge in [0.2, 0.25) is 0 Å². The number of ether oxygens (including phenoxy) is 1. The molecule has 0 radical (unpaired) electrons. The van der Waals surface area contributed by atoms with Gasteiger partial charge in [-0.2, -0.15) is 0 Å². The Morgan fingerprint density at radius 2 is 1.93 bits per heavy atom. The average molecular weight is 217 g/mol. The van der Waals surface area contributed by atoms with E-state index in [1.165, 1.54) is 12.8 Å². The zero-order valence-electron chi connectivity index (χ0n) is 10.5. The molecule has 0 aromatic carbocycles. The van der Waals surface area contributed by atoms with Gasteiger partial charge in [-0.15, -0.1) is 0 Å². The summed E-state index contributed by atoms with van der Waals surface area (Å²) in [6, 6.07) is 0. The van der Waals surface area contributed by atoms with Crippen molar-refractivity contribution in [2.75, 3.05) is 26.8 Å². The van der Waals surface area contributed by atoms with Gasteiger partial charge in [-0.1, -0.05) is 26.2 Å². The van der Waals surface area contributed by atoms with E-state index >= 15 is 0 Å². The molecule has 0 heterocycles. The van der Waals surface area contributed by atoms with Crippen LogP contribution >= 0.6 is 0 Å². The molecule has 3 nitrogen and oxygen atoms in total. The van der Waals surface area contributed by atoms with Gasteiger partial charge >= 0.3 is 0 Å². The topological polar surface area (TPSA) is 41.5 Å². The Bertz CT molecular complexity index is 138. The summed E-state index contributed by atoms with van der Waals surface area (Å²) in [5.74, 6) is 0. The molecule has 1 atom stereocenters. The van der Waals surface area contributed by atoms with E-state index in [1.807, 2.05) is 6.92 Å². The molecular formula is C12H27NO2. The van der Waals surface area contributed by atoms with Crippen LogP contribution in [-0.4, -0.2) is 37.5 Å². The van der Waals surface area contributed by atoms with Crippen LogP contribution in [0.2, 0.25) is 0 Å². The maximum Gasteiger partial charge on any atom is 0.0631 e. The predicted molar refractivity (Wildman–Crippen MR) is 64.1 cm³/mol. The van der Waals surface area contributed by atoms with Gasteiger partial charge in [-0.05, 0) is 26.3 Å². The van der Waals surface area contributed by atoms with Crippen molar-refractivity contribution in [3.8, 4) is 0 Å². The molecule has 0 aliphatic heterocycles. The Hall–Kier alpha value is -0.120. The summed E-state index contributed by atoms with van der Waals surface area (Å²) < 4.78 is 4.93. The zero-order chi connectivity index (χ0) is 11.6. The molecule has 0 aromatic heterocycles. The fourth-order valence-corrected chi connectivity index (χ4v) is 1.54. The van der Waals surface area contributed by atoms with Gasteiger partial charge in [-0.25, -0.2) is 0 Å². The van der Waals surface area contributed by atoms with E-state index < -0.39 is 5.60 Å². The molecule has 0 aliphatic carbocycles.